The maximum atomic E-state index is 12.7. The van der Waals surface area contributed by atoms with Gasteiger partial charge in [0.15, 0.2) is 11.4 Å². The maximum Gasteiger partial charge on any atom is 0.357 e. The van der Waals surface area contributed by atoms with E-state index in [0.29, 0.717) is 16.6 Å². The minimum atomic E-state index is -0.784. The van der Waals surface area contributed by atoms with Crippen molar-refractivity contribution in [2.45, 2.75) is 0 Å². The zero-order valence-electron chi connectivity index (χ0n) is 16.2. The molecule has 0 aliphatic carbocycles. The molecule has 4 aromatic rings. The molecule has 0 saturated carbocycles. The molecule has 30 heavy (non-hydrogen) atoms. The molecule has 0 radical (unpaired) electrons. The normalized spacial score (nSPS) is 10.7. The average Bonchev–Trinajstić information content (AvgIpc) is 3.19. The summed E-state index contributed by atoms with van der Waals surface area (Å²) in [7, 11) is 2.41. The first-order chi connectivity index (χ1) is 14.6. The number of phenolic OH excluding ortho intramolecular Hbond substituents is 1. The van der Waals surface area contributed by atoms with E-state index in [2.05, 4.69) is 10.1 Å². The number of rotatable bonds is 4. The van der Waals surface area contributed by atoms with Gasteiger partial charge in [-0.25, -0.2) is 14.3 Å². The van der Waals surface area contributed by atoms with E-state index in [1.54, 1.807) is 54.7 Å². The van der Waals surface area contributed by atoms with Gasteiger partial charge in [-0.3, -0.25) is 4.98 Å². The topological polar surface area (TPSA) is 104 Å². The van der Waals surface area contributed by atoms with Crippen LogP contribution in [0.15, 0.2) is 60.8 Å². The van der Waals surface area contributed by atoms with E-state index in [1.165, 1.54) is 18.9 Å². The van der Waals surface area contributed by atoms with Gasteiger partial charge in [0.25, 0.3) is 0 Å². The number of ether oxygens (including phenoxy) is 2. The van der Waals surface area contributed by atoms with Crippen LogP contribution in [0.25, 0.3) is 27.8 Å². The number of aromatic hydroxyl groups is 1. The maximum absolute atomic E-state index is 12.7. The zero-order valence-corrected chi connectivity index (χ0v) is 16.2. The van der Waals surface area contributed by atoms with Crippen molar-refractivity contribution in [2.24, 2.45) is 0 Å². The number of hydrogen-bond acceptors (Lipinski definition) is 7. The molecule has 2 aromatic carbocycles. The Morgan fingerprint density at radius 2 is 1.67 bits per heavy atom. The number of phenols is 1. The average molecular weight is 403 g/mol. The van der Waals surface area contributed by atoms with Gasteiger partial charge in [-0.1, -0.05) is 30.3 Å². The number of methoxy groups -OCH3 is 2. The predicted octanol–water partition coefficient (Wildman–Crippen LogP) is 3.37. The molecule has 150 valence electrons. The number of nitrogens with zero attached hydrogens (tertiary/aromatic N) is 3. The van der Waals surface area contributed by atoms with Crippen LogP contribution < -0.4 is 0 Å². The summed E-state index contributed by atoms with van der Waals surface area (Å²) < 4.78 is 11.1. The van der Waals surface area contributed by atoms with Crippen LogP contribution in [0, 0.1) is 0 Å². The fourth-order valence-corrected chi connectivity index (χ4v) is 3.26. The van der Waals surface area contributed by atoms with Crippen molar-refractivity contribution in [3.63, 3.8) is 0 Å². The lowest BCUT2D eigenvalue weighted by Crippen LogP contribution is -2.15. The molecule has 0 amide bonds. The highest BCUT2D eigenvalue weighted by Gasteiger charge is 2.32. The lowest BCUT2D eigenvalue weighted by Gasteiger charge is -2.07. The number of esters is 2. The van der Waals surface area contributed by atoms with E-state index in [4.69, 9.17) is 9.47 Å². The Balaban J connectivity index is 2.08. The molecule has 2 heterocycles. The van der Waals surface area contributed by atoms with Crippen LogP contribution in [0.5, 0.6) is 5.75 Å². The molecule has 0 fully saturated rings. The van der Waals surface area contributed by atoms with Crippen molar-refractivity contribution < 1.29 is 24.2 Å². The van der Waals surface area contributed by atoms with E-state index >= 15 is 0 Å². The Hall–Kier alpha value is -4.20. The van der Waals surface area contributed by atoms with Crippen LogP contribution in [-0.2, 0) is 9.47 Å². The first-order valence-electron chi connectivity index (χ1n) is 8.99. The van der Waals surface area contributed by atoms with Crippen LogP contribution >= 0.6 is 0 Å². The molecule has 0 spiro atoms. The summed E-state index contributed by atoms with van der Waals surface area (Å²) >= 11 is 0. The van der Waals surface area contributed by atoms with Crippen molar-refractivity contribution >= 4 is 22.8 Å². The number of aromatic nitrogens is 3. The summed E-state index contributed by atoms with van der Waals surface area (Å²) in [6, 6.07) is 15.7. The third kappa shape index (κ3) is 3.04. The summed E-state index contributed by atoms with van der Waals surface area (Å²) in [4.78, 5) is 29.5. The molecule has 0 aliphatic rings. The molecule has 8 nitrogen and oxygen atoms in total. The van der Waals surface area contributed by atoms with Gasteiger partial charge in [0.05, 0.1) is 19.9 Å². The van der Waals surface area contributed by atoms with Crippen LogP contribution in [0.2, 0.25) is 0 Å². The van der Waals surface area contributed by atoms with Gasteiger partial charge < -0.3 is 14.6 Å². The molecule has 0 unspecified atom stereocenters. The molecule has 4 rings (SSSR count). The standard InChI is InChI=1S/C22H17N3O5/c1-29-21(27)16-18(15-11-10-13-7-6-12-23-17(13)20(15)26)24-25(19(16)22(28)30-2)14-8-4-3-5-9-14/h3-12,26H,1-2H3. The third-order valence-electron chi connectivity index (χ3n) is 4.66. The number of carbonyl (C=O) groups is 2. The van der Waals surface area contributed by atoms with Crippen molar-refractivity contribution in [1.82, 2.24) is 14.8 Å². The van der Waals surface area contributed by atoms with E-state index in [9.17, 15) is 14.7 Å². The van der Waals surface area contributed by atoms with Gasteiger partial charge in [0, 0.05) is 17.1 Å². The Morgan fingerprint density at radius 3 is 2.37 bits per heavy atom. The SMILES string of the molecule is COC(=O)c1c(-c2ccc3cccnc3c2O)nn(-c2ccccc2)c1C(=O)OC. The molecule has 0 saturated heterocycles. The van der Waals surface area contributed by atoms with Crippen molar-refractivity contribution in [2.75, 3.05) is 14.2 Å². The van der Waals surface area contributed by atoms with Gasteiger partial charge >= 0.3 is 11.9 Å². The third-order valence-corrected chi connectivity index (χ3v) is 4.66. The van der Waals surface area contributed by atoms with Crippen molar-refractivity contribution in [1.29, 1.82) is 0 Å². The number of pyridine rings is 1. The van der Waals surface area contributed by atoms with Crippen molar-refractivity contribution in [3.05, 3.63) is 72.1 Å². The van der Waals surface area contributed by atoms with E-state index in [0.717, 1.165) is 0 Å². The van der Waals surface area contributed by atoms with E-state index in [1.807, 2.05) is 6.07 Å². The first-order valence-corrected chi connectivity index (χ1v) is 8.99. The first kappa shape index (κ1) is 19.1. The lowest BCUT2D eigenvalue weighted by atomic mass is 10.0. The van der Waals surface area contributed by atoms with Gasteiger partial charge in [0.1, 0.15) is 16.8 Å². The molecule has 1 N–H and O–H groups in total. The van der Waals surface area contributed by atoms with Crippen LogP contribution in [0.1, 0.15) is 20.8 Å². The van der Waals surface area contributed by atoms with Gasteiger partial charge in [0.2, 0.25) is 0 Å². The smallest absolute Gasteiger partial charge is 0.357 e. The highest BCUT2D eigenvalue weighted by molar-refractivity contribution is 6.08. The molecular formula is C22H17N3O5. The Bertz CT molecular complexity index is 1260. The van der Waals surface area contributed by atoms with Gasteiger partial charge in [-0.05, 0) is 24.3 Å². The number of hydrogen-bond donors (Lipinski definition) is 1. The van der Waals surface area contributed by atoms with E-state index < -0.39 is 11.9 Å². The molecule has 0 atom stereocenters. The Labute approximate surface area is 171 Å². The highest BCUT2D eigenvalue weighted by atomic mass is 16.5. The summed E-state index contributed by atoms with van der Waals surface area (Å²) in [6.45, 7) is 0. The lowest BCUT2D eigenvalue weighted by molar-refractivity contribution is 0.0549. The largest absolute Gasteiger partial charge is 0.505 e. The van der Waals surface area contributed by atoms with Crippen LogP contribution in [-0.4, -0.2) is 46.0 Å². The highest BCUT2D eigenvalue weighted by Crippen LogP contribution is 2.37. The number of benzene rings is 2. The summed E-state index contributed by atoms with van der Waals surface area (Å²) in [5.41, 5.74) is 0.981. The number of fused-ring (bicyclic) bond motifs is 1. The second kappa shape index (κ2) is 7.67. The van der Waals surface area contributed by atoms with Crippen LogP contribution in [0.4, 0.5) is 0 Å². The zero-order chi connectivity index (χ0) is 21.3. The second-order valence-electron chi connectivity index (χ2n) is 6.34. The second-order valence-corrected chi connectivity index (χ2v) is 6.34. The van der Waals surface area contributed by atoms with Gasteiger partial charge in [-0.15, -0.1) is 0 Å². The Morgan fingerprint density at radius 1 is 0.933 bits per heavy atom. The summed E-state index contributed by atoms with van der Waals surface area (Å²) in [5.74, 6) is -1.71. The quantitative estimate of drug-likeness (QED) is 0.521. The molecule has 0 bridgehead atoms. The number of para-hydroxylation sites is 1. The van der Waals surface area contributed by atoms with Crippen molar-refractivity contribution in [3.8, 4) is 22.7 Å². The van der Waals surface area contributed by atoms with Crippen LogP contribution in [0.3, 0.4) is 0 Å². The molecule has 8 heteroatoms. The number of carbonyl (C=O) groups excluding carboxylic acids is 2. The van der Waals surface area contributed by atoms with Gasteiger partial charge in [-0.2, -0.15) is 5.10 Å². The molecule has 0 aliphatic heterocycles. The van der Waals surface area contributed by atoms with E-state index in [-0.39, 0.29) is 28.3 Å². The Kier molecular flexibility index (Phi) is 4.89. The monoisotopic (exact) mass is 403 g/mol. The fraction of sp³-hybridized carbons (Fsp3) is 0.0909. The summed E-state index contributed by atoms with van der Waals surface area (Å²) in [5, 5.41) is 16.1. The molecular weight excluding hydrogens is 386 g/mol. The minimum Gasteiger partial charge on any atom is -0.505 e. The fourth-order valence-electron chi connectivity index (χ4n) is 3.26. The summed E-state index contributed by atoms with van der Waals surface area (Å²) in [6.07, 6.45) is 1.55. The predicted molar refractivity (Wildman–Crippen MR) is 109 cm³/mol. The minimum absolute atomic E-state index is 0.0798. The molecule has 2 aromatic heterocycles.